The van der Waals surface area contributed by atoms with Crippen LogP contribution in [0, 0.1) is 0 Å². The van der Waals surface area contributed by atoms with E-state index in [0.717, 1.165) is 33.9 Å². The van der Waals surface area contributed by atoms with Gasteiger partial charge in [0.05, 0.1) is 17.5 Å². The topological polar surface area (TPSA) is 51.0 Å². The van der Waals surface area contributed by atoms with Crippen molar-refractivity contribution in [2.24, 2.45) is 0 Å². The molecule has 154 valence electrons. The minimum atomic E-state index is 0.0327. The van der Waals surface area contributed by atoms with Crippen LogP contribution < -0.4 is 4.90 Å². The van der Waals surface area contributed by atoms with E-state index in [9.17, 15) is 4.79 Å². The van der Waals surface area contributed by atoms with E-state index in [4.69, 9.17) is 0 Å². The van der Waals surface area contributed by atoms with Gasteiger partial charge in [0.15, 0.2) is 5.16 Å². The highest BCUT2D eigenvalue weighted by molar-refractivity contribution is 8.00. The number of benzene rings is 2. The first-order valence-corrected chi connectivity index (χ1v) is 12.4. The Balaban J connectivity index is 1.40. The second-order valence-corrected chi connectivity index (χ2v) is 9.62. The number of carbonyl (C=O) groups is 1. The van der Waals surface area contributed by atoms with Crippen LogP contribution in [0.25, 0.3) is 0 Å². The van der Waals surface area contributed by atoms with Crippen LogP contribution in [0.4, 0.5) is 5.69 Å². The number of fused-ring (bicyclic) bond motifs is 1. The molecule has 30 heavy (non-hydrogen) atoms. The SMILES string of the molecule is CCn1c(SCC(=O)N2c3ccccc3SC[C@H]2c2ccccc2)nnc1C1CC1. The molecular formula is C23H24N4OS2. The minimum Gasteiger partial charge on any atom is -0.306 e. The van der Waals surface area contributed by atoms with Crippen molar-refractivity contribution in [2.45, 2.75) is 48.3 Å². The third kappa shape index (κ3) is 3.76. The first-order chi connectivity index (χ1) is 14.8. The summed E-state index contributed by atoms with van der Waals surface area (Å²) in [6, 6.07) is 18.6. The third-order valence-corrected chi connectivity index (χ3v) is 7.71. The van der Waals surface area contributed by atoms with Gasteiger partial charge in [-0.1, -0.05) is 54.2 Å². The molecule has 7 heteroatoms. The van der Waals surface area contributed by atoms with Crippen LogP contribution in [0.1, 0.15) is 43.1 Å². The lowest BCUT2D eigenvalue weighted by atomic mass is 10.1. The molecule has 1 aliphatic heterocycles. The molecule has 1 fully saturated rings. The Morgan fingerprint density at radius 3 is 2.63 bits per heavy atom. The van der Waals surface area contributed by atoms with Crippen molar-refractivity contribution >= 4 is 35.1 Å². The molecule has 0 bridgehead atoms. The van der Waals surface area contributed by atoms with E-state index in [1.165, 1.54) is 30.2 Å². The summed E-state index contributed by atoms with van der Waals surface area (Å²) in [5.74, 6) is 2.95. The van der Waals surface area contributed by atoms with Crippen LogP contribution in [0.2, 0.25) is 0 Å². The van der Waals surface area contributed by atoms with Gasteiger partial charge in [0.2, 0.25) is 5.91 Å². The van der Waals surface area contributed by atoms with Crippen molar-refractivity contribution in [3.05, 3.63) is 66.0 Å². The van der Waals surface area contributed by atoms with Gasteiger partial charge in [0, 0.05) is 23.1 Å². The zero-order valence-electron chi connectivity index (χ0n) is 16.9. The van der Waals surface area contributed by atoms with Gasteiger partial charge in [0.25, 0.3) is 0 Å². The maximum absolute atomic E-state index is 13.5. The predicted molar refractivity (Wildman–Crippen MR) is 122 cm³/mol. The molecule has 3 aromatic rings. The molecule has 0 saturated heterocycles. The Morgan fingerprint density at radius 1 is 1.10 bits per heavy atom. The Bertz CT molecular complexity index is 1050. The molecule has 1 saturated carbocycles. The summed E-state index contributed by atoms with van der Waals surface area (Å²) in [6.07, 6.45) is 2.39. The van der Waals surface area contributed by atoms with Gasteiger partial charge >= 0.3 is 0 Å². The molecule has 2 heterocycles. The molecule has 1 aliphatic carbocycles. The monoisotopic (exact) mass is 436 g/mol. The van der Waals surface area contributed by atoms with Crippen molar-refractivity contribution in [3.8, 4) is 0 Å². The zero-order valence-corrected chi connectivity index (χ0v) is 18.5. The van der Waals surface area contributed by atoms with Gasteiger partial charge < -0.3 is 9.47 Å². The summed E-state index contributed by atoms with van der Waals surface area (Å²) >= 11 is 3.32. The lowest BCUT2D eigenvalue weighted by molar-refractivity contribution is -0.116. The van der Waals surface area contributed by atoms with Crippen molar-refractivity contribution in [3.63, 3.8) is 0 Å². The molecular weight excluding hydrogens is 412 g/mol. The average Bonchev–Trinajstić information content (AvgIpc) is 3.56. The summed E-state index contributed by atoms with van der Waals surface area (Å²) < 4.78 is 2.17. The lowest BCUT2D eigenvalue weighted by Crippen LogP contribution is -2.39. The van der Waals surface area contributed by atoms with Crippen molar-refractivity contribution in [1.29, 1.82) is 0 Å². The summed E-state index contributed by atoms with van der Waals surface area (Å²) in [5.41, 5.74) is 2.18. The normalized spacial score (nSPS) is 18.3. The van der Waals surface area contributed by atoms with Crippen LogP contribution in [-0.4, -0.2) is 32.2 Å². The van der Waals surface area contributed by atoms with Crippen LogP contribution in [0.15, 0.2) is 64.6 Å². The van der Waals surface area contributed by atoms with E-state index in [0.29, 0.717) is 11.7 Å². The molecule has 5 nitrogen and oxygen atoms in total. The van der Waals surface area contributed by atoms with E-state index in [1.54, 1.807) is 0 Å². The van der Waals surface area contributed by atoms with E-state index < -0.39 is 0 Å². The number of amides is 1. The van der Waals surface area contributed by atoms with E-state index in [-0.39, 0.29) is 11.9 Å². The number of hydrogen-bond donors (Lipinski definition) is 0. The van der Waals surface area contributed by atoms with Gasteiger partial charge in [-0.05, 0) is 37.5 Å². The van der Waals surface area contributed by atoms with Crippen LogP contribution >= 0.6 is 23.5 Å². The summed E-state index contributed by atoms with van der Waals surface area (Å²) in [7, 11) is 0. The third-order valence-electron chi connectivity index (χ3n) is 5.62. The first kappa shape index (κ1) is 19.7. The Morgan fingerprint density at radius 2 is 1.87 bits per heavy atom. The highest BCUT2D eigenvalue weighted by Crippen LogP contribution is 2.44. The van der Waals surface area contributed by atoms with E-state index in [1.807, 2.05) is 47.0 Å². The molecule has 2 aliphatic rings. The smallest absolute Gasteiger partial charge is 0.238 e. The number of carbonyl (C=O) groups excluding carboxylic acids is 1. The van der Waals surface area contributed by atoms with Crippen molar-refractivity contribution < 1.29 is 4.79 Å². The minimum absolute atomic E-state index is 0.0327. The quantitative estimate of drug-likeness (QED) is 0.500. The van der Waals surface area contributed by atoms with Gasteiger partial charge in [-0.3, -0.25) is 4.79 Å². The van der Waals surface area contributed by atoms with Crippen molar-refractivity contribution in [1.82, 2.24) is 14.8 Å². The Hall–Kier alpha value is -2.25. The number of nitrogens with zero attached hydrogens (tertiary/aromatic N) is 4. The van der Waals surface area contributed by atoms with Crippen LogP contribution in [0.3, 0.4) is 0 Å². The first-order valence-electron chi connectivity index (χ1n) is 10.4. The molecule has 5 rings (SSSR count). The lowest BCUT2D eigenvalue weighted by Gasteiger charge is -2.37. The number of rotatable bonds is 6. The largest absolute Gasteiger partial charge is 0.306 e. The zero-order chi connectivity index (χ0) is 20.5. The number of para-hydroxylation sites is 1. The molecule has 1 amide bonds. The van der Waals surface area contributed by atoms with Gasteiger partial charge in [-0.15, -0.1) is 22.0 Å². The number of thioether (sulfide) groups is 2. The highest BCUT2D eigenvalue weighted by atomic mass is 32.2. The predicted octanol–water partition coefficient (Wildman–Crippen LogP) is 5.15. The van der Waals surface area contributed by atoms with Crippen LogP contribution in [-0.2, 0) is 11.3 Å². The van der Waals surface area contributed by atoms with E-state index >= 15 is 0 Å². The maximum atomic E-state index is 13.5. The molecule has 1 atom stereocenters. The number of hydrogen-bond acceptors (Lipinski definition) is 5. The molecule has 2 aromatic carbocycles. The fourth-order valence-electron chi connectivity index (χ4n) is 3.96. The summed E-state index contributed by atoms with van der Waals surface area (Å²) in [5, 5.41) is 9.64. The van der Waals surface area contributed by atoms with Gasteiger partial charge in [-0.25, -0.2) is 0 Å². The average molecular weight is 437 g/mol. The Labute approximate surface area is 185 Å². The summed E-state index contributed by atoms with van der Waals surface area (Å²) in [4.78, 5) is 16.7. The summed E-state index contributed by atoms with van der Waals surface area (Å²) in [6.45, 7) is 2.95. The maximum Gasteiger partial charge on any atom is 0.238 e. The van der Waals surface area contributed by atoms with Crippen molar-refractivity contribution in [2.75, 3.05) is 16.4 Å². The molecule has 0 N–H and O–H groups in total. The van der Waals surface area contributed by atoms with Gasteiger partial charge in [0.1, 0.15) is 5.82 Å². The fourth-order valence-corrected chi connectivity index (χ4v) is 6.00. The molecule has 0 radical (unpaired) electrons. The Kier molecular flexibility index (Phi) is 5.56. The highest BCUT2D eigenvalue weighted by Gasteiger charge is 2.33. The van der Waals surface area contributed by atoms with E-state index in [2.05, 4.69) is 46.0 Å². The van der Waals surface area contributed by atoms with Crippen LogP contribution in [0.5, 0.6) is 0 Å². The number of aromatic nitrogens is 3. The van der Waals surface area contributed by atoms with Gasteiger partial charge in [-0.2, -0.15) is 0 Å². The standard InChI is InChI=1S/C23H24N4OS2/c1-2-26-22(17-12-13-17)24-25-23(26)30-15-21(28)27-18-10-6-7-11-20(18)29-14-19(27)16-8-4-3-5-9-16/h3-11,17,19H,2,12-15H2,1H3/t19-/m0/s1. The molecule has 0 spiro atoms. The number of anilines is 1. The fraction of sp³-hybridized carbons (Fsp3) is 0.348. The molecule has 0 unspecified atom stereocenters. The second-order valence-electron chi connectivity index (χ2n) is 7.62. The second kappa shape index (κ2) is 8.47. The molecule has 1 aromatic heterocycles.